The van der Waals surface area contributed by atoms with Crippen molar-refractivity contribution < 1.29 is 4.79 Å². The van der Waals surface area contributed by atoms with E-state index in [0.717, 1.165) is 18.2 Å². The van der Waals surface area contributed by atoms with Crippen molar-refractivity contribution >= 4 is 18.0 Å². The molecule has 0 atom stereocenters. The molecule has 14 heavy (non-hydrogen) atoms. The predicted octanol–water partition coefficient (Wildman–Crippen LogP) is 2.63. The Bertz CT molecular complexity index is 316. The molecule has 0 heterocycles. The Morgan fingerprint density at radius 2 is 1.79 bits per heavy atom. The zero-order chi connectivity index (χ0) is 10.6. The van der Waals surface area contributed by atoms with Crippen LogP contribution in [0.3, 0.4) is 0 Å². The van der Waals surface area contributed by atoms with Crippen LogP contribution in [0.15, 0.2) is 24.3 Å². The molecule has 0 aromatic heterocycles. The van der Waals surface area contributed by atoms with E-state index in [1.54, 1.807) is 6.92 Å². The van der Waals surface area contributed by atoms with Gasteiger partial charge in [-0.2, -0.15) is 0 Å². The van der Waals surface area contributed by atoms with E-state index in [2.05, 4.69) is 19.9 Å². The van der Waals surface area contributed by atoms with Crippen molar-refractivity contribution in [2.75, 3.05) is 0 Å². The van der Waals surface area contributed by atoms with Crippen LogP contribution in [0.2, 0.25) is 12.6 Å². The van der Waals surface area contributed by atoms with E-state index < -0.39 is 0 Å². The quantitative estimate of drug-likeness (QED) is 0.524. The van der Waals surface area contributed by atoms with Crippen molar-refractivity contribution in [2.24, 2.45) is 0 Å². The van der Waals surface area contributed by atoms with Crippen LogP contribution >= 0.6 is 0 Å². The Kier molecular flexibility index (Phi) is 3.93. The smallest absolute Gasteiger partial charge is 0.176 e. The molecule has 1 aromatic carbocycles. The van der Waals surface area contributed by atoms with E-state index >= 15 is 0 Å². The number of hydrogen-bond donors (Lipinski definition) is 0. The van der Waals surface area contributed by atoms with Gasteiger partial charge >= 0.3 is 0 Å². The van der Waals surface area contributed by atoms with Gasteiger partial charge in [-0.15, -0.1) is 0 Å². The van der Waals surface area contributed by atoms with Gasteiger partial charge in [0.1, 0.15) is 0 Å². The third kappa shape index (κ3) is 2.25. The Labute approximate surface area is 86.6 Å². The summed E-state index contributed by atoms with van der Waals surface area (Å²) >= 11 is 0. The van der Waals surface area contributed by atoms with Gasteiger partial charge in [0, 0.05) is 5.56 Å². The highest BCUT2D eigenvalue weighted by Gasteiger charge is 2.16. The molecular weight excluding hydrogens is 171 g/mol. The van der Waals surface area contributed by atoms with Gasteiger partial charge in [-0.1, -0.05) is 56.2 Å². The maximum atomic E-state index is 11.4. The summed E-state index contributed by atoms with van der Waals surface area (Å²) in [6, 6.07) is 7.95. The molecule has 0 radical (unpaired) electrons. The van der Waals surface area contributed by atoms with Crippen molar-refractivity contribution in [1.29, 1.82) is 0 Å². The summed E-state index contributed by atoms with van der Waals surface area (Å²) in [7, 11) is 0. The SMILES string of the molecule is CCB(CC)c1ccccc1C(C)=O. The molecule has 2 heteroatoms. The van der Waals surface area contributed by atoms with Crippen LogP contribution in [0.5, 0.6) is 0 Å². The fourth-order valence-electron chi connectivity index (χ4n) is 1.90. The largest absolute Gasteiger partial charge is 0.295 e. The van der Waals surface area contributed by atoms with Crippen LogP contribution in [0, 0.1) is 0 Å². The van der Waals surface area contributed by atoms with Crippen molar-refractivity contribution in [2.45, 2.75) is 33.4 Å². The van der Waals surface area contributed by atoms with Gasteiger partial charge in [-0.25, -0.2) is 0 Å². The summed E-state index contributed by atoms with van der Waals surface area (Å²) in [5.74, 6) is 0.174. The molecule has 1 rings (SSSR count). The van der Waals surface area contributed by atoms with Crippen LogP contribution in [0.1, 0.15) is 31.1 Å². The Morgan fingerprint density at radius 3 is 2.29 bits per heavy atom. The Hall–Kier alpha value is -1.05. The molecule has 0 unspecified atom stereocenters. The van der Waals surface area contributed by atoms with Crippen LogP contribution in [-0.4, -0.2) is 12.5 Å². The zero-order valence-electron chi connectivity index (χ0n) is 9.21. The normalized spacial score (nSPS) is 9.93. The fraction of sp³-hybridized carbons (Fsp3) is 0.417. The van der Waals surface area contributed by atoms with Gasteiger partial charge in [-0.05, 0) is 6.92 Å². The minimum atomic E-state index is 0.174. The van der Waals surface area contributed by atoms with Crippen LogP contribution in [-0.2, 0) is 0 Å². The molecule has 0 fully saturated rings. The van der Waals surface area contributed by atoms with Crippen molar-refractivity contribution in [3.63, 3.8) is 0 Å². The summed E-state index contributed by atoms with van der Waals surface area (Å²) in [5, 5.41) is 0. The number of ketones is 1. The summed E-state index contributed by atoms with van der Waals surface area (Å²) in [4.78, 5) is 11.4. The number of benzene rings is 1. The molecule has 0 aliphatic rings. The third-order valence-corrected chi connectivity index (χ3v) is 2.77. The molecule has 0 N–H and O–H groups in total. The first-order valence-electron chi connectivity index (χ1n) is 5.30. The van der Waals surface area contributed by atoms with E-state index in [0.29, 0.717) is 6.71 Å². The van der Waals surface area contributed by atoms with Crippen LogP contribution < -0.4 is 5.46 Å². The Morgan fingerprint density at radius 1 is 1.21 bits per heavy atom. The molecule has 0 bridgehead atoms. The summed E-state index contributed by atoms with van der Waals surface area (Å²) in [6.45, 7) is 6.51. The van der Waals surface area contributed by atoms with Crippen LogP contribution in [0.4, 0.5) is 0 Å². The molecule has 0 aliphatic heterocycles. The topological polar surface area (TPSA) is 17.1 Å². The molecule has 0 spiro atoms. The first kappa shape index (κ1) is 11.0. The standard InChI is InChI=1S/C12H17BO/c1-4-13(5-2)12-9-7-6-8-11(12)10(3)14/h6-9H,4-5H2,1-3H3. The van der Waals surface area contributed by atoms with Gasteiger partial charge in [0.25, 0.3) is 0 Å². The van der Waals surface area contributed by atoms with Gasteiger partial charge < -0.3 is 0 Å². The fourth-order valence-corrected chi connectivity index (χ4v) is 1.90. The van der Waals surface area contributed by atoms with E-state index in [1.165, 1.54) is 5.46 Å². The van der Waals surface area contributed by atoms with Gasteiger partial charge in [0.2, 0.25) is 0 Å². The first-order valence-corrected chi connectivity index (χ1v) is 5.30. The summed E-state index contributed by atoms with van der Waals surface area (Å²) in [6.07, 6.45) is 2.20. The van der Waals surface area contributed by atoms with Crippen molar-refractivity contribution in [1.82, 2.24) is 0 Å². The van der Waals surface area contributed by atoms with Crippen LogP contribution in [0.25, 0.3) is 0 Å². The highest BCUT2D eigenvalue weighted by atomic mass is 16.1. The monoisotopic (exact) mass is 188 g/mol. The van der Waals surface area contributed by atoms with Gasteiger partial charge in [0.05, 0.1) is 0 Å². The third-order valence-electron chi connectivity index (χ3n) is 2.77. The average molecular weight is 188 g/mol. The second-order valence-corrected chi connectivity index (χ2v) is 3.66. The molecule has 0 aliphatic carbocycles. The number of carbonyl (C=O) groups is 1. The second-order valence-electron chi connectivity index (χ2n) is 3.66. The molecular formula is C12H17BO. The van der Waals surface area contributed by atoms with E-state index in [-0.39, 0.29) is 5.78 Å². The predicted molar refractivity (Wildman–Crippen MR) is 62.8 cm³/mol. The van der Waals surface area contributed by atoms with E-state index in [4.69, 9.17) is 0 Å². The number of rotatable bonds is 4. The minimum Gasteiger partial charge on any atom is -0.295 e. The minimum absolute atomic E-state index is 0.174. The van der Waals surface area contributed by atoms with E-state index in [1.807, 2.05) is 18.2 Å². The highest BCUT2D eigenvalue weighted by molar-refractivity contribution is 6.74. The zero-order valence-corrected chi connectivity index (χ0v) is 9.21. The lowest BCUT2D eigenvalue weighted by molar-refractivity contribution is 0.101. The van der Waals surface area contributed by atoms with Gasteiger partial charge in [-0.3, -0.25) is 4.79 Å². The molecule has 1 aromatic rings. The highest BCUT2D eigenvalue weighted by Crippen LogP contribution is 2.05. The maximum absolute atomic E-state index is 11.4. The maximum Gasteiger partial charge on any atom is 0.176 e. The second kappa shape index (κ2) is 4.99. The van der Waals surface area contributed by atoms with Crippen molar-refractivity contribution in [3.8, 4) is 0 Å². The Balaban J connectivity index is 3.11. The molecule has 0 saturated heterocycles. The van der Waals surface area contributed by atoms with E-state index in [9.17, 15) is 4.79 Å². The molecule has 0 amide bonds. The first-order chi connectivity index (χ1) is 6.70. The molecule has 0 saturated carbocycles. The molecule has 1 nitrogen and oxygen atoms in total. The summed E-state index contributed by atoms with van der Waals surface area (Å²) in [5.41, 5.74) is 2.10. The lowest BCUT2D eigenvalue weighted by Gasteiger charge is -2.12. The number of carbonyl (C=O) groups excluding carboxylic acids is 1. The molecule has 74 valence electrons. The summed E-state index contributed by atoms with van der Waals surface area (Å²) < 4.78 is 0. The van der Waals surface area contributed by atoms with Crippen molar-refractivity contribution in [3.05, 3.63) is 29.8 Å². The lowest BCUT2D eigenvalue weighted by Crippen LogP contribution is -2.32. The van der Waals surface area contributed by atoms with Gasteiger partial charge in [0.15, 0.2) is 12.5 Å². The average Bonchev–Trinajstić information content (AvgIpc) is 2.20. The number of Topliss-reactive ketones (excluding diaryl/α,β-unsaturated/α-hetero) is 1. The lowest BCUT2D eigenvalue weighted by atomic mass is 9.40. The number of hydrogen-bond acceptors (Lipinski definition) is 1.